The van der Waals surface area contributed by atoms with E-state index in [4.69, 9.17) is 28.9 Å². The van der Waals surface area contributed by atoms with Crippen molar-refractivity contribution in [3.05, 3.63) is 60.2 Å². The number of carbonyl (C=O) groups is 1. The number of ketones is 1. The first-order valence-electron chi connectivity index (χ1n) is 9.17. The number of anilines is 1. The van der Waals surface area contributed by atoms with Gasteiger partial charge in [0.25, 0.3) is 5.56 Å². The van der Waals surface area contributed by atoms with Gasteiger partial charge >= 0.3 is 5.69 Å². The zero-order valence-corrected chi connectivity index (χ0v) is 17.8. The molecule has 156 valence electrons. The minimum atomic E-state index is -0.662. The van der Waals surface area contributed by atoms with Gasteiger partial charge in [0, 0.05) is 46.8 Å². The van der Waals surface area contributed by atoms with Crippen molar-refractivity contribution in [3.8, 4) is 0 Å². The van der Waals surface area contributed by atoms with Gasteiger partial charge in [0.15, 0.2) is 5.78 Å². The van der Waals surface area contributed by atoms with Crippen molar-refractivity contribution in [1.29, 1.82) is 0 Å². The highest BCUT2D eigenvalue weighted by Gasteiger charge is 2.24. The van der Waals surface area contributed by atoms with Crippen LogP contribution in [-0.4, -0.2) is 57.4 Å². The minimum absolute atomic E-state index is 0.0728. The Morgan fingerprint density at radius 3 is 2.31 bits per heavy atom. The highest BCUT2D eigenvalue weighted by atomic mass is 35.5. The molecule has 0 atom stereocenters. The zero-order valence-electron chi connectivity index (χ0n) is 16.3. The Hall–Kier alpha value is -2.13. The second kappa shape index (κ2) is 8.71. The molecule has 2 aromatic rings. The van der Waals surface area contributed by atoms with Crippen LogP contribution in [0.25, 0.3) is 0 Å². The lowest BCUT2D eigenvalue weighted by atomic mass is 10.1. The number of halogens is 2. The fraction of sp³-hybridized carbons (Fsp3) is 0.421. The Labute approximate surface area is 178 Å². The summed E-state index contributed by atoms with van der Waals surface area (Å²) in [4.78, 5) is 41.2. The standard InChI is InChI=1S/C19H23Cl2N5O3/c1-23-17(22)15(18(28)24(2)19(23)29)14(27)11-26-8-6-25(7-9-26)10-12-4-3-5-13(20)16(12)21/h3-5H,6-11,22H2,1-2H3. The molecule has 10 heteroatoms. The van der Waals surface area contributed by atoms with Crippen LogP contribution in [0.15, 0.2) is 27.8 Å². The molecule has 2 N–H and O–H groups in total. The number of nitrogens with zero attached hydrogens (tertiary/aromatic N) is 4. The summed E-state index contributed by atoms with van der Waals surface area (Å²) in [5, 5.41) is 1.10. The largest absolute Gasteiger partial charge is 0.384 e. The molecule has 0 spiro atoms. The van der Waals surface area contributed by atoms with E-state index < -0.39 is 11.2 Å². The van der Waals surface area contributed by atoms with Crippen LogP contribution in [0.1, 0.15) is 15.9 Å². The molecule has 1 aromatic heterocycles. The number of nitrogen functional groups attached to an aromatic ring is 1. The lowest BCUT2D eigenvalue weighted by Gasteiger charge is -2.34. The quantitative estimate of drug-likeness (QED) is 0.697. The number of hydrogen-bond donors (Lipinski definition) is 1. The van der Waals surface area contributed by atoms with Crippen LogP contribution < -0.4 is 17.0 Å². The van der Waals surface area contributed by atoms with Crippen molar-refractivity contribution < 1.29 is 4.79 Å². The van der Waals surface area contributed by atoms with E-state index in [1.165, 1.54) is 14.1 Å². The van der Waals surface area contributed by atoms with Gasteiger partial charge in [0.2, 0.25) is 0 Å². The SMILES string of the molecule is Cn1c(N)c(C(=O)CN2CCN(Cc3cccc(Cl)c3Cl)CC2)c(=O)n(C)c1=O. The Balaban J connectivity index is 1.64. The van der Waals surface area contributed by atoms with E-state index in [-0.39, 0.29) is 23.7 Å². The molecule has 1 aliphatic heterocycles. The average Bonchev–Trinajstić information content (AvgIpc) is 2.70. The summed E-state index contributed by atoms with van der Waals surface area (Å²) in [6.45, 7) is 3.57. The maximum Gasteiger partial charge on any atom is 0.332 e. The lowest BCUT2D eigenvalue weighted by Crippen LogP contribution is -2.48. The van der Waals surface area contributed by atoms with E-state index in [1.807, 2.05) is 17.0 Å². The van der Waals surface area contributed by atoms with Crippen molar-refractivity contribution in [3.63, 3.8) is 0 Å². The Morgan fingerprint density at radius 2 is 1.66 bits per heavy atom. The number of nitrogens with two attached hydrogens (primary N) is 1. The summed E-state index contributed by atoms with van der Waals surface area (Å²) in [5.74, 6) is -0.484. The van der Waals surface area contributed by atoms with E-state index >= 15 is 0 Å². The third-order valence-electron chi connectivity index (χ3n) is 5.25. The Morgan fingerprint density at radius 1 is 1.03 bits per heavy atom. The summed E-state index contributed by atoms with van der Waals surface area (Å²) in [6.07, 6.45) is 0. The van der Waals surface area contributed by atoms with Crippen LogP contribution in [0.5, 0.6) is 0 Å². The molecule has 1 fully saturated rings. The van der Waals surface area contributed by atoms with Crippen LogP contribution >= 0.6 is 23.2 Å². The van der Waals surface area contributed by atoms with Gasteiger partial charge in [-0.1, -0.05) is 35.3 Å². The smallest absolute Gasteiger partial charge is 0.332 e. The maximum absolute atomic E-state index is 12.7. The third-order valence-corrected chi connectivity index (χ3v) is 6.10. The highest BCUT2D eigenvalue weighted by Crippen LogP contribution is 2.26. The van der Waals surface area contributed by atoms with Gasteiger partial charge in [-0.05, 0) is 11.6 Å². The monoisotopic (exact) mass is 439 g/mol. The fourth-order valence-electron chi connectivity index (χ4n) is 3.42. The normalized spacial score (nSPS) is 15.6. The summed E-state index contributed by atoms with van der Waals surface area (Å²) < 4.78 is 2.01. The number of hydrogen-bond acceptors (Lipinski definition) is 6. The van der Waals surface area contributed by atoms with Crippen molar-refractivity contribution >= 4 is 34.8 Å². The lowest BCUT2D eigenvalue weighted by molar-refractivity contribution is 0.0842. The topological polar surface area (TPSA) is 93.6 Å². The number of Topliss-reactive ketones (excluding diaryl/α,β-unsaturated/α-hetero) is 1. The molecule has 0 amide bonds. The molecule has 0 radical (unpaired) electrons. The van der Waals surface area contributed by atoms with E-state index in [9.17, 15) is 14.4 Å². The van der Waals surface area contributed by atoms with Gasteiger partial charge in [-0.2, -0.15) is 0 Å². The number of aromatic nitrogens is 2. The van der Waals surface area contributed by atoms with Gasteiger partial charge in [0.1, 0.15) is 11.4 Å². The van der Waals surface area contributed by atoms with Crippen molar-refractivity contribution in [2.75, 3.05) is 38.5 Å². The number of rotatable bonds is 5. The molecule has 1 aromatic carbocycles. The number of carbonyl (C=O) groups excluding carboxylic acids is 1. The molecule has 1 saturated heterocycles. The van der Waals surface area contributed by atoms with Gasteiger partial charge in [-0.3, -0.25) is 28.5 Å². The predicted octanol–water partition coefficient (Wildman–Crippen LogP) is 0.974. The predicted molar refractivity (Wildman–Crippen MR) is 114 cm³/mol. The summed E-state index contributed by atoms with van der Waals surface area (Å²) in [6, 6.07) is 5.57. The molecule has 0 bridgehead atoms. The number of piperazine rings is 1. The third kappa shape index (κ3) is 4.40. The van der Waals surface area contributed by atoms with Gasteiger partial charge < -0.3 is 5.73 Å². The molecular formula is C19H23Cl2N5O3. The van der Waals surface area contributed by atoms with Gasteiger partial charge in [0.05, 0.1) is 16.6 Å². The molecule has 3 rings (SSSR count). The average molecular weight is 440 g/mol. The molecule has 8 nitrogen and oxygen atoms in total. The van der Waals surface area contributed by atoms with E-state index in [1.54, 1.807) is 6.07 Å². The molecule has 0 saturated carbocycles. The van der Waals surface area contributed by atoms with E-state index in [0.29, 0.717) is 29.7 Å². The number of benzene rings is 1. The van der Waals surface area contributed by atoms with Crippen LogP contribution in [0.4, 0.5) is 5.82 Å². The van der Waals surface area contributed by atoms with Gasteiger partial charge in [-0.25, -0.2) is 4.79 Å². The minimum Gasteiger partial charge on any atom is -0.384 e. The van der Waals surface area contributed by atoms with E-state index in [0.717, 1.165) is 27.8 Å². The van der Waals surface area contributed by atoms with Crippen molar-refractivity contribution in [1.82, 2.24) is 18.9 Å². The fourth-order valence-corrected chi connectivity index (χ4v) is 3.80. The molecule has 29 heavy (non-hydrogen) atoms. The Bertz CT molecular complexity index is 1060. The second-order valence-electron chi connectivity index (χ2n) is 7.15. The summed E-state index contributed by atoms with van der Waals surface area (Å²) in [7, 11) is 2.77. The maximum atomic E-state index is 12.7. The first-order valence-corrected chi connectivity index (χ1v) is 9.92. The Kier molecular flexibility index (Phi) is 6.48. The van der Waals surface area contributed by atoms with Gasteiger partial charge in [-0.15, -0.1) is 0 Å². The van der Waals surface area contributed by atoms with E-state index in [2.05, 4.69) is 4.90 Å². The van der Waals surface area contributed by atoms with Crippen LogP contribution in [0.3, 0.4) is 0 Å². The molecule has 1 aliphatic rings. The second-order valence-corrected chi connectivity index (χ2v) is 7.94. The first-order chi connectivity index (χ1) is 13.7. The van der Waals surface area contributed by atoms with Crippen LogP contribution in [0.2, 0.25) is 10.0 Å². The van der Waals surface area contributed by atoms with Crippen LogP contribution in [0, 0.1) is 0 Å². The molecule has 2 heterocycles. The molecule has 0 aliphatic carbocycles. The highest BCUT2D eigenvalue weighted by molar-refractivity contribution is 6.42. The summed E-state index contributed by atoms with van der Waals surface area (Å²) in [5.41, 5.74) is 5.48. The summed E-state index contributed by atoms with van der Waals surface area (Å²) >= 11 is 12.3. The van der Waals surface area contributed by atoms with Crippen LogP contribution in [-0.2, 0) is 20.6 Å². The molecule has 0 unspecified atom stereocenters. The van der Waals surface area contributed by atoms with Crippen molar-refractivity contribution in [2.45, 2.75) is 6.54 Å². The zero-order chi connectivity index (χ0) is 21.3. The molecular weight excluding hydrogens is 417 g/mol. The first kappa shape index (κ1) is 21.6. The van der Waals surface area contributed by atoms with Crippen molar-refractivity contribution in [2.24, 2.45) is 14.1 Å².